The minimum Gasteiger partial charge on any atom is -0.339 e. The highest BCUT2D eigenvalue weighted by molar-refractivity contribution is 7.89. The Morgan fingerprint density at radius 2 is 1.49 bits per heavy atom. The molecule has 4 rings (SSSR count). The molecule has 37 heavy (non-hydrogen) atoms. The summed E-state index contributed by atoms with van der Waals surface area (Å²) in [5.41, 5.74) is 3.19. The van der Waals surface area contributed by atoms with Crippen LogP contribution >= 0.6 is 0 Å². The molecule has 1 saturated heterocycles. The maximum Gasteiger partial charge on any atom is 0.243 e. The first-order valence-corrected chi connectivity index (χ1v) is 14.2. The topological polar surface area (TPSA) is 60.9 Å². The Kier molecular flexibility index (Phi) is 9.28. The summed E-state index contributed by atoms with van der Waals surface area (Å²) in [5.74, 6) is -0.150. The molecule has 0 spiro atoms. The number of sulfonamides is 1. The molecule has 3 aromatic carbocycles. The monoisotopic (exact) mass is 517 g/mol. The van der Waals surface area contributed by atoms with E-state index >= 15 is 0 Å². The van der Waals surface area contributed by atoms with Crippen LogP contribution in [0.2, 0.25) is 0 Å². The molecule has 1 aliphatic rings. The van der Waals surface area contributed by atoms with E-state index in [4.69, 9.17) is 0 Å². The summed E-state index contributed by atoms with van der Waals surface area (Å²) in [4.78, 5) is 17.6. The minimum absolute atomic E-state index is 0.150. The number of carbonyl (C=O) groups is 1. The van der Waals surface area contributed by atoms with Gasteiger partial charge in [0.25, 0.3) is 0 Å². The molecule has 0 aromatic heterocycles. The lowest BCUT2D eigenvalue weighted by molar-refractivity contribution is -0.133. The van der Waals surface area contributed by atoms with Gasteiger partial charge >= 0.3 is 0 Å². The number of aryl methyl sites for hydroxylation is 1. The number of hydrogen-bond donors (Lipinski definition) is 0. The summed E-state index contributed by atoms with van der Waals surface area (Å²) in [7, 11) is -3.80. The summed E-state index contributed by atoms with van der Waals surface area (Å²) < 4.78 is 28.4. The summed E-state index contributed by atoms with van der Waals surface area (Å²) in [6, 6.07) is 26.8. The molecule has 0 N–H and O–H groups in total. The van der Waals surface area contributed by atoms with Gasteiger partial charge in [-0.25, -0.2) is 8.42 Å². The van der Waals surface area contributed by atoms with Crippen LogP contribution in [0.15, 0.2) is 95.9 Å². The number of hydrogen-bond acceptors (Lipinski definition) is 4. The Morgan fingerprint density at radius 1 is 0.865 bits per heavy atom. The highest BCUT2D eigenvalue weighted by atomic mass is 32.2. The van der Waals surface area contributed by atoms with Crippen molar-refractivity contribution in [2.24, 2.45) is 0 Å². The van der Waals surface area contributed by atoms with Crippen LogP contribution in [0.4, 0.5) is 0 Å². The van der Waals surface area contributed by atoms with Crippen LogP contribution in [-0.2, 0) is 21.2 Å². The molecule has 1 fully saturated rings. The first-order chi connectivity index (χ1) is 17.9. The predicted octanol–water partition coefficient (Wildman–Crippen LogP) is 4.09. The molecule has 0 saturated carbocycles. The average molecular weight is 518 g/mol. The fourth-order valence-electron chi connectivity index (χ4n) is 4.37. The first-order valence-electron chi connectivity index (χ1n) is 12.7. The molecular formula is C30H35N3O3S. The van der Waals surface area contributed by atoms with Gasteiger partial charge in [0, 0.05) is 39.3 Å². The van der Waals surface area contributed by atoms with E-state index in [2.05, 4.69) is 29.2 Å². The van der Waals surface area contributed by atoms with E-state index in [0.29, 0.717) is 19.5 Å². The minimum atomic E-state index is -3.80. The van der Waals surface area contributed by atoms with Crippen molar-refractivity contribution < 1.29 is 13.2 Å². The Morgan fingerprint density at radius 3 is 2.14 bits per heavy atom. The molecule has 0 aliphatic carbocycles. The van der Waals surface area contributed by atoms with Crippen LogP contribution in [0.5, 0.6) is 0 Å². The molecule has 0 bridgehead atoms. The number of piperazine rings is 1. The van der Waals surface area contributed by atoms with Gasteiger partial charge in [0.2, 0.25) is 15.9 Å². The molecule has 0 radical (unpaired) electrons. The maximum atomic E-state index is 13.5. The quantitative estimate of drug-likeness (QED) is 0.407. The Bertz CT molecular complexity index is 1270. The number of rotatable bonds is 10. The number of nitrogens with zero attached hydrogens (tertiary/aromatic N) is 3. The van der Waals surface area contributed by atoms with Crippen molar-refractivity contribution in [3.8, 4) is 0 Å². The number of benzene rings is 3. The molecule has 0 unspecified atom stereocenters. The van der Waals surface area contributed by atoms with Crippen molar-refractivity contribution in [2.45, 2.75) is 18.2 Å². The van der Waals surface area contributed by atoms with Crippen molar-refractivity contribution >= 4 is 22.0 Å². The number of carbonyl (C=O) groups excluding carboxylic acids is 1. The second-order valence-corrected chi connectivity index (χ2v) is 11.3. The fourth-order valence-corrected chi connectivity index (χ4v) is 5.76. The van der Waals surface area contributed by atoms with E-state index in [1.807, 2.05) is 55.5 Å². The van der Waals surface area contributed by atoms with E-state index in [-0.39, 0.29) is 23.9 Å². The predicted molar refractivity (Wildman–Crippen MR) is 149 cm³/mol. The maximum absolute atomic E-state index is 13.5. The lowest BCUT2D eigenvalue weighted by Gasteiger charge is -2.35. The third-order valence-electron chi connectivity index (χ3n) is 6.66. The lowest BCUT2D eigenvalue weighted by Crippen LogP contribution is -2.51. The molecule has 0 atom stereocenters. The molecule has 3 aromatic rings. The Labute approximate surface area is 220 Å². The van der Waals surface area contributed by atoms with Crippen LogP contribution in [0.3, 0.4) is 0 Å². The zero-order valence-electron chi connectivity index (χ0n) is 21.4. The van der Waals surface area contributed by atoms with Gasteiger partial charge in [0.15, 0.2) is 0 Å². The third kappa shape index (κ3) is 7.61. The largest absolute Gasteiger partial charge is 0.339 e. The van der Waals surface area contributed by atoms with Gasteiger partial charge in [-0.3, -0.25) is 9.69 Å². The second kappa shape index (κ2) is 12.8. The van der Waals surface area contributed by atoms with Crippen molar-refractivity contribution in [1.82, 2.24) is 14.1 Å². The first kappa shape index (κ1) is 26.8. The van der Waals surface area contributed by atoms with Crippen LogP contribution in [0, 0.1) is 6.92 Å². The molecular weight excluding hydrogens is 482 g/mol. The standard InChI is InChI=1S/C30H35N3O3S/c1-26-14-16-29(17-15-26)37(35,36)33(20-18-28-11-6-3-7-12-28)25-30(34)32-23-21-31(22-24-32)19-8-13-27-9-4-2-5-10-27/h2-17H,18-25H2,1H3/b13-8+. The summed E-state index contributed by atoms with van der Waals surface area (Å²) in [5, 5.41) is 0. The molecule has 1 amide bonds. The molecule has 194 valence electrons. The van der Waals surface area contributed by atoms with Crippen molar-refractivity contribution in [2.75, 3.05) is 45.8 Å². The third-order valence-corrected chi connectivity index (χ3v) is 8.52. The molecule has 6 nitrogen and oxygen atoms in total. The lowest BCUT2D eigenvalue weighted by atomic mass is 10.1. The van der Waals surface area contributed by atoms with Crippen molar-refractivity contribution in [3.63, 3.8) is 0 Å². The van der Waals surface area contributed by atoms with Gasteiger partial charge in [0.1, 0.15) is 0 Å². The second-order valence-electron chi connectivity index (χ2n) is 9.38. The van der Waals surface area contributed by atoms with E-state index in [1.54, 1.807) is 29.2 Å². The fraction of sp³-hybridized carbons (Fsp3) is 0.300. The zero-order chi connectivity index (χ0) is 26.1. The smallest absolute Gasteiger partial charge is 0.243 e. The summed E-state index contributed by atoms with van der Waals surface area (Å²) in [6.07, 6.45) is 4.80. The zero-order valence-corrected chi connectivity index (χ0v) is 22.2. The molecule has 1 heterocycles. The highest BCUT2D eigenvalue weighted by Crippen LogP contribution is 2.18. The van der Waals surface area contributed by atoms with Crippen molar-refractivity contribution in [1.29, 1.82) is 0 Å². The van der Waals surface area contributed by atoms with Gasteiger partial charge in [-0.1, -0.05) is 90.5 Å². The van der Waals surface area contributed by atoms with E-state index in [0.717, 1.165) is 30.8 Å². The van der Waals surface area contributed by atoms with Crippen LogP contribution in [0.25, 0.3) is 6.08 Å². The average Bonchev–Trinajstić information content (AvgIpc) is 2.92. The molecule has 7 heteroatoms. The van der Waals surface area contributed by atoms with Gasteiger partial charge < -0.3 is 4.90 Å². The Balaban J connectivity index is 1.37. The van der Waals surface area contributed by atoms with Gasteiger partial charge in [-0.05, 0) is 36.6 Å². The normalized spacial score (nSPS) is 14.9. The van der Waals surface area contributed by atoms with E-state index < -0.39 is 10.0 Å². The van der Waals surface area contributed by atoms with Gasteiger partial charge in [-0.2, -0.15) is 4.31 Å². The van der Waals surface area contributed by atoms with Crippen molar-refractivity contribution in [3.05, 3.63) is 108 Å². The van der Waals surface area contributed by atoms with Crippen LogP contribution in [0.1, 0.15) is 16.7 Å². The molecule has 1 aliphatic heterocycles. The van der Waals surface area contributed by atoms with Crippen LogP contribution < -0.4 is 0 Å². The summed E-state index contributed by atoms with van der Waals surface area (Å²) >= 11 is 0. The van der Waals surface area contributed by atoms with E-state index in [1.165, 1.54) is 9.87 Å². The highest BCUT2D eigenvalue weighted by Gasteiger charge is 2.29. The summed E-state index contributed by atoms with van der Waals surface area (Å²) in [6.45, 7) is 5.54. The SMILES string of the molecule is Cc1ccc(S(=O)(=O)N(CCc2ccccc2)CC(=O)N2CCN(C/C=C/c3ccccc3)CC2)cc1. The van der Waals surface area contributed by atoms with Gasteiger partial charge in [-0.15, -0.1) is 0 Å². The van der Waals surface area contributed by atoms with E-state index in [9.17, 15) is 13.2 Å². The Hall–Kier alpha value is -3.26. The van der Waals surface area contributed by atoms with Crippen LogP contribution in [-0.4, -0.2) is 74.2 Å². The van der Waals surface area contributed by atoms with Gasteiger partial charge in [0.05, 0.1) is 11.4 Å². The number of amides is 1.